The van der Waals surface area contributed by atoms with Crippen LogP contribution in [0, 0.1) is 11.8 Å². The lowest BCUT2D eigenvalue weighted by Crippen LogP contribution is -2.31. The molecule has 4 rings (SSSR count). The summed E-state index contributed by atoms with van der Waals surface area (Å²) in [4.78, 5) is 14.6. The van der Waals surface area contributed by atoms with Gasteiger partial charge in [0.2, 0.25) is 0 Å². The molecule has 1 unspecified atom stereocenters. The van der Waals surface area contributed by atoms with Gasteiger partial charge >= 0.3 is 0 Å². The van der Waals surface area contributed by atoms with Gasteiger partial charge in [0.15, 0.2) is 0 Å². The van der Waals surface area contributed by atoms with Crippen LogP contribution in [0.15, 0.2) is 42.6 Å². The molecule has 1 saturated carbocycles. The van der Waals surface area contributed by atoms with Crippen LogP contribution >= 0.6 is 0 Å². The maximum Gasteiger partial charge on any atom is 0.272 e. The van der Waals surface area contributed by atoms with Gasteiger partial charge in [-0.25, -0.2) is 0 Å². The third kappa shape index (κ3) is 2.96. The summed E-state index contributed by atoms with van der Waals surface area (Å²) < 4.78 is 7.75. The van der Waals surface area contributed by atoms with Gasteiger partial charge in [0.25, 0.3) is 5.91 Å². The first-order valence-electron chi connectivity index (χ1n) is 8.63. The molecular weight excluding hydrogens is 302 g/mol. The highest BCUT2D eigenvalue weighted by atomic mass is 16.5. The van der Waals surface area contributed by atoms with Crippen molar-refractivity contribution in [2.24, 2.45) is 18.9 Å². The Labute approximate surface area is 142 Å². The first-order chi connectivity index (χ1) is 11.7. The fourth-order valence-electron chi connectivity index (χ4n) is 4.08. The topological polar surface area (TPSA) is 47.4 Å². The lowest BCUT2D eigenvalue weighted by atomic mass is 10.0. The van der Waals surface area contributed by atoms with Crippen LogP contribution in [-0.4, -0.2) is 39.8 Å². The smallest absolute Gasteiger partial charge is 0.272 e. The van der Waals surface area contributed by atoms with E-state index in [1.165, 1.54) is 5.56 Å². The fourth-order valence-corrected chi connectivity index (χ4v) is 4.08. The highest BCUT2D eigenvalue weighted by Crippen LogP contribution is 2.40. The Kier molecular flexibility index (Phi) is 4.10. The molecule has 5 heteroatoms. The average molecular weight is 325 g/mol. The normalized spacial score (nSPS) is 25.9. The van der Waals surface area contributed by atoms with Crippen molar-refractivity contribution in [1.82, 2.24) is 14.7 Å². The Morgan fingerprint density at radius 2 is 1.88 bits per heavy atom. The zero-order valence-electron chi connectivity index (χ0n) is 14.0. The Morgan fingerprint density at radius 3 is 2.50 bits per heavy atom. The molecule has 1 aromatic heterocycles. The van der Waals surface area contributed by atoms with Gasteiger partial charge in [-0.3, -0.25) is 9.48 Å². The number of benzene rings is 1. The minimum Gasteiger partial charge on any atom is -0.374 e. The SMILES string of the molecule is Cn1nccc1C(=O)N1C[C@H]2CC(OCc3ccccc3)C[C@H]2C1. The summed E-state index contributed by atoms with van der Waals surface area (Å²) in [5.41, 5.74) is 1.90. The van der Waals surface area contributed by atoms with Crippen molar-refractivity contribution in [2.45, 2.75) is 25.6 Å². The molecule has 0 spiro atoms. The van der Waals surface area contributed by atoms with Gasteiger partial charge in [0.05, 0.1) is 12.7 Å². The van der Waals surface area contributed by atoms with Crippen molar-refractivity contribution < 1.29 is 9.53 Å². The molecule has 1 saturated heterocycles. The number of hydrogen-bond donors (Lipinski definition) is 0. The van der Waals surface area contributed by atoms with Gasteiger partial charge in [-0.2, -0.15) is 5.10 Å². The molecule has 2 fully saturated rings. The van der Waals surface area contributed by atoms with E-state index >= 15 is 0 Å². The summed E-state index contributed by atoms with van der Waals surface area (Å²) >= 11 is 0. The van der Waals surface area contributed by atoms with Crippen molar-refractivity contribution in [3.63, 3.8) is 0 Å². The van der Waals surface area contributed by atoms with E-state index < -0.39 is 0 Å². The lowest BCUT2D eigenvalue weighted by Gasteiger charge is -2.19. The largest absolute Gasteiger partial charge is 0.374 e. The quantitative estimate of drug-likeness (QED) is 0.868. The van der Waals surface area contributed by atoms with E-state index in [9.17, 15) is 4.79 Å². The predicted octanol–water partition coefficient (Wildman–Crippen LogP) is 2.49. The Morgan fingerprint density at radius 1 is 1.17 bits per heavy atom. The molecule has 24 heavy (non-hydrogen) atoms. The first kappa shape index (κ1) is 15.4. The highest BCUT2D eigenvalue weighted by molar-refractivity contribution is 5.92. The van der Waals surface area contributed by atoms with E-state index in [0.29, 0.717) is 30.2 Å². The van der Waals surface area contributed by atoms with Gasteiger partial charge in [0, 0.05) is 26.3 Å². The van der Waals surface area contributed by atoms with Gasteiger partial charge in [0.1, 0.15) is 5.69 Å². The van der Waals surface area contributed by atoms with Gasteiger partial charge in [-0.05, 0) is 36.3 Å². The second kappa shape index (κ2) is 6.40. The molecule has 5 nitrogen and oxygen atoms in total. The van der Waals surface area contributed by atoms with Gasteiger partial charge in [-0.1, -0.05) is 30.3 Å². The van der Waals surface area contributed by atoms with Crippen LogP contribution in [0.25, 0.3) is 0 Å². The number of amides is 1. The van der Waals surface area contributed by atoms with Crippen LogP contribution in [-0.2, 0) is 18.4 Å². The standard InChI is InChI=1S/C19H23N3O2/c1-21-18(7-8-20-21)19(23)22-11-15-9-17(10-16(15)12-22)24-13-14-5-3-2-4-6-14/h2-8,15-17H,9-13H2,1H3/t15-,16+,17?. The summed E-state index contributed by atoms with van der Waals surface area (Å²) in [5, 5.41) is 4.10. The number of carbonyl (C=O) groups excluding carboxylic acids is 1. The molecular formula is C19H23N3O2. The molecule has 2 aromatic rings. The zero-order valence-corrected chi connectivity index (χ0v) is 14.0. The summed E-state index contributed by atoms with van der Waals surface area (Å²) in [7, 11) is 1.82. The van der Waals surface area contributed by atoms with Crippen molar-refractivity contribution in [3.05, 3.63) is 53.9 Å². The molecule has 2 heterocycles. The molecule has 1 aromatic carbocycles. The molecule has 1 amide bonds. The number of aryl methyl sites for hydroxylation is 1. The lowest BCUT2D eigenvalue weighted by molar-refractivity contribution is 0.0366. The first-order valence-corrected chi connectivity index (χ1v) is 8.63. The van der Waals surface area contributed by atoms with Crippen molar-refractivity contribution in [3.8, 4) is 0 Å². The molecule has 1 aliphatic carbocycles. The van der Waals surface area contributed by atoms with E-state index in [1.54, 1.807) is 16.9 Å². The predicted molar refractivity (Wildman–Crippen MR) is 90.3 cm³/mol. The van der Waals surface area contributed by atoms with Crippen molar-refractivity contribution in [1.29, 1.82) is 0 Å². The summed E-state index contributed by atoms with van der Waals surface area (Å²) in [6, 6.07) is 12.1. The third-order valence-electron chi connectivity index (χ3n) is 5.36. The summed E-state index contributed by atoms with van der Waals surface area (Å²) in [6.07, 6.45) is 4.13. The van der Waals surface area contributed by atoms with E-state index in [1.807, 2.05) is 30.1 Å². The molecule has 3 atom stereocenters. The highest BCUT2D eigenvalue weighted by Gasteiger charge is 2.43. The number of aromatic nitrogens is 2. The number of carbonyl (C=O) groups is 1. The van der Waals surface area contributed by atoms with Crippen LogP contribution < -0.4 is 0 Å². The van der Waals surface area contributed by atoms with Crippen LogP contribution in [0.2, 0.25) is 0 Å². The molecule has 126 valence electrons. The summed E-state index contributed by atoms with van der Waals surface area (Å²) in [5.74, 6) is 1.25. The van der Waals surface area contributed by atoms with Crippen LogP contribution in [0.1, 0.15) is 28.9 Å². The Hall–Kier alpha value is -2.14. The van der Waals surface area contributed by atoms with Gasteiger partial charge in [-0.15, -0.1) is 0 Å². The van der Waals surface area contributed by atoms with Crippen LogP contribution in [0.3, 0.4) is 0 Å². The van der Waals surface area contributed by atoms with E-state index in [0.717, 1.165) is 25.9 Å². The zero-order chi connectivity index (χ0) is 16.5. The fraction of sp³-hybridized carbons (Fsp3) is 0.474. The summed E-state index contributed by atoms with van der Waals surface area (Å²) in [6.45, 7) is 2.38. The molecule has 0 N–H and O–H groups in total. The molecule has 0 radical (unpaired) electrons. The molecule has 0 bridgehead atoms. The number of likely N-dealkylation sites (tertiary alicyclic amines) is 1. The minimum atomic E-state index is 0.103. The number of hydrogen-bond acceptors (Lipinski definition) is 3. The third-order valence-corrected chi connectivity index (χ3v) is 5.36. The number of fused-ring (bicyclic) bond motifs is 1. The number of nitrogens with zero attached hydrogens (tertiary/aromatic N) is 3. The molecule has 2 aliphatic rings. The second-order valence-corrected chi connectivity index (χ2v) is 6.96. The monoisotopic (exact) mass is 325 g/mol. The maximum atomic E-state index is 12.6. The molecule has 1 aliphatic heterocycles. The van der Waals surface area contributed by atoms with E-state index in [2.05, 4.69) is 17.2 Å². The number of ether oxygens (including phenoxy) is 1. The van der Waals surface area contributed by atoms with Crippen molar-refractivity contribution >= 4 is 5.91 Å². The van der Waals surface area contributed by atoms with Crippen LogP contribution in [0.5, 0.6) is 0 Å². The maximum absolute atomic E-state index is 12.6. The van der Waals surface area contributed by atoms with Crippen LogP contribution in [0.4, 0.5) is 0 Å². The Bertz CT molecular complexity index is 698. The van der Waals surface area contributed by atoms with Gasteiger partial charge < -0.3 is 9.64 Å². The second-order valence-electron chi connectivity index (χ2n) is 6.96. The van der Waals surface area contributed by atoms with E-state index in [4.69, 9.17) is 4.74 Å². The Balaban J connectivity index is 1.30. The average Bonchev–Trinajstić information content (AvgIpc) is 3.27. The van der Waals surface area contributed by atoms with Crippen molar-refractivity contribution in [2.75, 3.05) is 13.1 Å². The van der Waals surface area contributed by atoms with E-state index in [-0.39, 0.29) is 5.91 Å². The number of rotatable bonds is 4. The minimum absolute atomic E-state index is 0.103.